The number of nitrogens with one attached hydrogen (secondary N) is 2. The van der Waals surface area contributed by atoms with E-state index in [0.29, 0.717) is 22.0 Å². The predicted molar refractivity (Wildman–Crippen MR) is 118 cm³/mol. The van der Waals surface area contributed by atoms with E-state index in [4.69, 9.17) is 0 Å². The molecule has 156 valence electrons. The molecule has 0 spiro atoms. The average Bonchev–Trinajstić information content (AvgIpc) is 2.67. The van der Waals surface area contributed by atoms with Crippen molar-refractivity contribution in [2.24, 2.45) is 0 Å². The molecule has 1 heterocycles. The lowest BCUT2D eigenvalue weighted by Gasteiger charge is -2.20. The molecule has 0 atom stereocenters. The molecular formula is C23H26N4O3. The zero-order valence-electron chi connectivity index (χ0n) is 17.8. The zero-order chi connectivity index (χ0) is 22.1. The first kappa shape index (κ1) is 21.2. The van der Waals surface area contributed by atoms with E-state index in [1.807, 2.05) is 34.6 Å². The van der Waals surface area contributed by atoms with E-state index >= 15 is 0 Å². The second-order valence-corrected chi connectivity index (χ2v) is 8.47. The summed E-state index contributed by atoms with van der Waals surface area (Å²) in [6.07, 6.45) is 0. The number of rotatable bonds is 4. The maximum atomic E-state index is 13.0. The fraction of sp³-hybridized carbons (Fsp3) is 0.304. The van der Waals surface area contributed by atoms with E-state index in [2.05, 4.69) is 15.7 Å². The average molecular weight is 406 g/mol. The highest BCUT2D eigenvalue weighted by Crippen LogP contribution is 2.17. The molecule has 2 aromatic carbocycles. The van der Waals surface area contributed by atoms with Gasteiger partial charge in [0.1, 0.15) is 0 Å². The van der Waals surface area contributed by atoms with Crippen molar-refractivity contribution in [1.29, 1.82) is 0 Å². The third kappa shape index (κ3) is 4.56. The van der Waals surface area contributed by atoms with Gasteiger partial charge in [-0.15, -0.1) is 0 Å². The van der Waals surface area contributed by atoms with E-state index in [1.54, 1.807) is 48.5 Å². The lowest BCUT2D eigenvalue weighted by Crippen LogP contribution is -2.40. The van der Waals surface area contributed by atoms with E-state index in [-0.39, 0.29) is 28.7 Å². The molecule has 0 aliphatic heterocycles. The molecule has 3 aromatic rings. The molecule has 0 bridgehead atoms. The van der Waals surface area contributed by atoms with Crippen molar-refractivity contribution in [2.75, 3.05) is 5.32 Å². The monoisotopic (exact) mass is 406 g/mol. The van der Waals surface area contributed by atoms with Crippen LogP contribution < -0.4 is 16.2 Å². The Hall–Kier alpha value is -3.48. The van der Waals surface area contributed by atoms with Crippen LogP contribution in [0.25, 0.3) is 10.8 Å². The second-order valence-electron chi connectivity index (χ2n) is 8.47. The third-order valence-electron chi connectivity index (χ3n) is 4.43. The molecule has 0 saturated carbocycles. The van der Waals surface area contributed by atoms with Crippen LogP contribution in [0.15, 0.2) is 53.3 Å². The van der Waals surface area contributed by atoms with Crippen LogP contribution in [0, 0.1) is 0 Å². The number of hydrogen-bond acceptors (Lipinski definition) is 4. The molecule has 30 heavy (non-hydrogen) atoms. The number of nitrogens with zero attached hydrogens (tertiary/aromatic N) is 2. The minimum atomic E-state index is -0.424. The normalized spacial score (nSPS) is 11.5. The Kier molecular flexibility index (Phi) is 5.73. The summed E-state index contributed by atoms with van der Waals surface area (Å²) >= 11 is 0. The summed E-state index contributed by atoms with van der Waals surface area (Å²) in [7, 11) is 0. The number of fused-ring (bicyclic) bond motifs is 1. The van der Waals surface area contributed by atoms with E-state index < -0.39 is 5.91 Å². The highest BCUT2D eigenvalue weighted by Gasteiger charge is 2.19. The number of anilines is 1. The van der Waals surface area contributed by atoms with Crippen molar-refractivity contribution in [1.82, 2.24) is 15.1 Å². The van der Waals surface area contributed by atoms with E-state index in [0.717, 1.165) is 0 Å². The van der Waals surface area contributed by atoms with Crippen molar-refractivity contribution in [2.45, 2.75) is 46.2 Å². The summed E-state index contributed by atoms with van der Waals surface area (Å²) in [6.45, 7) is 9.41. The summed E-state index contributed by atoms with van der Waals surface area (Å²) < 4.78 is 1.32. The number of carbonyl (C=O) groups is 2. The van der Waals surface area contributed by atoms with Crippen molar-refractivity contribution in [3.63, 3.8) is 0 Å². The predicted octanol–water partition coefficient (Wildman–Crippen LogP) is 3.76. The van der Waals surface area contributed by atoms with Crippen molar-refractivity contribution in [3.05, 3.63) is 70.1 Å². The van der Waals surface area contributed by atoms with Gasteiger partial charge >= 0.3 is 0 Å². The molecule has 0 radical (unpaired) electrons. The first-order chi connectivity index (χ1) is 14.1. The van der Waals surface area contributed by atoms with E-state index in [9.17, 15) is 14.4 Å². The summed E-state index contributed by atoms with van der Waals surface area (Å²) in [4.78, 5) is 37.8. The molecule has 0 saturated heterocycles. The zero-order valence-corrected chi connectivity index (χ0v) is 17.8. The SMILES string of the molecule is CC(C)n1nc(C(=O)Nc2ccc(C(=O)NC(C)(C)C)cc2)c2ccccc2c1=O. The Bertz CT molecular complexity index is 1160. The lowest BCUT2D eigenvalue weighted by molar-refractivity contribution is 0.0919. The van der Waals surface area contributed by atoms with Crippen molar-refractivity contribution < 1.29 is 9.59 Å². The minimum absolute atomic E-state index is 0.174. The summed E-state index contributed by atoms with van der Waals surface area (Å²) in [5, 5.41) is 11.0. The molecule has 0 unspecified atom stereocenters. The molecule has 1 aromatic heterocycles. The number of hydrogen-bond donors (Lipinski definition) is 2. The molecule has 3 rings (SSSR count). The smallest absolute Gasteiger partial charge is 0.276 e. The number of carbonyl (C=O) groups excluding carboxylic acids is 2. The van der Waals surface area contributed by atoms with Gasteiger partial charge in [0.2, 0.25) is 0 Å². The maximum Gasteiger partial charge on any atom is 0.276 e. The Balaban J connectivity index is 1.90. The van der Waals surface area contributed by atoms with Crippen LogP contribution in [0.1, 0.15) is 61.5 Å². The van der Waals surface area contributed by atoms with Gasteiger partial charge in [0.15, 0.2) is 5.69 Å². The highest BCUT2D eigenvalue weighted by molar-refractivity contribution is 6.11. The van der Waals surface area contributed by atoms with Gasteiger partial charge in [0.05, 0.1) is 11.4 Å². The topological polar surface area (TPSA) is 93.1 Å². The maximum absolute atomic E-state index is 13.0. The Morgan fingerprint density at radius 1 is 0.933 bits per heavy atom. The van der Waals surface area contributed by atoms with Crippen LogP contribution in [-0.4, -0.2) is 27.1 Å². The quantitative estimate of drug-likeness (QED) is 0.690. The summed E-state index contributed by atoms with van der Waals surface area (Å²) in [5.41, 5.74) is 0.635. The first-order valence-corrected chi connectivity index (χ1v) is 9.82. The largest absolute Gasteiger partial charge is 0.347 e. The Morgan fingerprint density at radius 2 is 1.53 bits per heavy atom. The minimum Gasteiger partial charge on any atom is -0.347 e. The fourth-order valence-corrected chi connectivity index (χ4v) is 3.03. The highest BCUT2D eigenvalue weighted by atomic mass is 16.2. The molecular weight excluding hydrogens is 380 g/mol. The van der Waals surface area contributed by atoms with Crippen LogP contribution in [0.2, 0.25) is 0 Å². The van der Waals surface area contributed by atoms with Gasteiger partial charge in [-0.05, 0) is 65.0 Å². The van der Waals surface area contributed by atoms with Crippen LogP contribution >= 0.6 is 0 Å². The Labute approximate surface area is 175 Å². The van der Waals surface area contributed by atoms with E-state index in [1.165, 1.54) is 4.68 Å². The van der Waals surface area contributed by atoms with Crippen LogP contribution in [0.3, 0.4) is 0 Å². The van der Waals surface area contributed by atoms with Crippen LogP contribution in [-0.2, 0) is 0 Å². The van der Waals surface area contributed by atoms with Crippen molar-refractivity contribution >= 4 is 28.3 Å². The molecule has 2 N–H and O–H groups in total. The van der Waals surface area contributed by atoms with Gasteiger partial charge < -0.3 is 10.6 Å². The van der Waals surface area contributed by atoms with Crippen molar-refractivity contribution in [3.8, 4) is 0 Å². The number of amides is 2. The van der Waals surface area contributed by atoms with Gasteiger partial charge in [-0.3, -0.25) is 14.4 Å². The standard InChI is InChI=1S/C23H26N4O3/c1-14(2)27-22(30)18-9-7-6-8-17(18)19(26-27)21(29)24-16-12-10-15(11-13-16)20(28)25-23(3,4)5/h6-14H,1-5H3,(H,24,29)(H,25,28). The summed E-state index contributed by atoms with van der Waals surface area (Å²) in [5.74, 6) is -0.607. The summed E-state index contributed by atoms with van der Waals surface area (Å²) in [6, 6.07) is 13.4. The molecule has 0 aliphatic rings. The Morgan fingerprint density at radius 3 is 2.10 bits per heavy atom. The van der Waals surface area contributed by atoms with Gasteiger partial charge in [0.25, 0.3) is 17.4 Å². The lowest BCUT2D eigenvalue weighted by atomic mass is 10.1. The van der Waals surface area contributed by atoms with Crippen LogP contribution in [0.5, 0.6) is 0 Å². The molecule has 0 fully saturated rings. The van der Waals surface area contributed by atoms with Gasteiger partial charge in [0, 0.05) is 22.2 Å². The molecule has 2 amide bonds. The third-order valence-corrected chi connectivity index (χ3v) is 4.43. The first-order valence-electron chi connectivity index (χ1n) is 9.82. The number of benzene rings is 2. The van der Waals surface area contributed by atoms with Gasteiger partial charge in [-0.2, -0.15) is 5.10 Å². The second kappa shape index (κ2) is 8.10. The molecule has 0 aliphatic carbocycles. The molecule has 7 nitrogen and oxygen atoms in total. The van der Waals surface area contributed by atoms with Gasteiger partial charge in [-0.1, -0.05) is 18.2 Å². The molecule has 7 heteroatoms. The number of aromatic nitrogens is 2. The van der Waals surface area contributed by atoms with Crippen LogP contribution in [0.4, 0.5) is 5.69 Å². The van der Waals surface area contributed by atoms with Gasteiger partial charge in [-0.25, -0.2) is 4.68 Å². The fourth-order valence-electron chi connectivity index (χ4n) is 3.03.